The molecule has 0 bridgehead atoms. The molecule has 0 radical (unpaired) electrons. The van der Waals surface area contributed by atoms with Crippen LogP contribution < -0.4 is 5.73 Å². The Balaban J connectivity index is 2.26. The van der Waals surface area contributed by atoms with E-state index in [1.165, 1.54) is 12.8 Å². The molecule has 17 heavy (non-hydrogen) atoms. The first kappa shape index (κ1) is 13.3. The Morgan fingerprint density at radius 1 is 1.53 bits per heavy atom. The third-order valence-electron chi connectivity index (χ3n) is 3.33. The molecule has 1 unspecified atom stereocenters. The van der Waals surface area contributed by atoms with E-state index in [0.717, 1.165) is 21.6 Å². The highest BCUT2D eigenvalue weighted by molar-refractivity contribution is 9.10. The molecule has 2 nitrogen and oxygen atoms in total. The Bertz CT molecular complexity index is 393. The van der Waals surface area contributed by atoms with Crippen molar-refractivity contribution in [2.45, 2.75) is 31.8 Å². The number of likely N-dealkylation sites (N-methyl/N-ethyl adjacent to an activating group) is 1. The summed E-state index contributed by atoms with van der Waals surface area (Å²) in [4.78, 5) is 2.47. The summed E-state index contributed by atoms with van der Waals surface area (Å²) in [6.45, 7) is 3.83. The van der Waals surface area contributed by atoms with E-state index in [1.807, 2.05) is 12.1 Å². The standard InChI is InChI=1S/C13H18BrClN2/c1-2-17(10-4-5-10)13(8-16)11-6-3-9(14)7-12(11)15/h3,6-7,10,13H,2,4-5,8,16H2,1H3. The molecule has 0 spiro atoms. The van der Waals surface area contributed by atoms with Gasteiger partial charge in [-0.15, -0.1) is 0 Å². The molecule has 1 aromatic carbocycles. The molecule has 1 aliphatic rings. The van der Waals surface area contributed by atoms with Crippen molar-refractivity contribution in [1.29, 1.82) is 0 Å². The smallest absolute Gasteiger partial charge is 0.0488 e. The molecule has 0 heterocycles. The van der Waals surface area contributed by atoms with Crippen LogP contribution in [-0.2, 0) is 0 Å². The van der Waals surface area contributed by atoms with Crippen molar-refractivity contribution in [3.8, 4) is 0 Å². The maximum atomic E-state index is 6.32. The fraction of sp³-hybridized carbons (Fsp3) is 0.538. The Labute approximate surface area is 116 Å². The second kappa shape index (κ2) is 5.70. The number of halogens is 2. The van der Waals surface area contributed by atoms with Crippen LogP contribution >= 0.6 is 27.5 Å². The van der Waals surface area contributed by atoms with Crippen LogP contribution in [0.2, 0.25) is 5.02 Å². The first-order chi connectivity index (χ1) is 8.17. The van der Waals surface area contributed by atoms with Gasteiger partial charge in [0, 0.05) is 28.1 Å². The lowest BCUT2D eigenvalue weighted by Crippen LogP contribution is -2.35. The lowest BCUT2D eigenvalue weighted by Gasteiger charge is -2.30. The topological polar surface area (TPSA) is 29.3 Å². The van der Waals surface area contributed by atoms with Crippen molar-refractivity contribution in [2.75, 3.05) is 13.1 Å². The van der Waals surface area contributed by atoms with Crippen LogP contribution in [0.4, 0.5) is 0 Å². The third-order valence-corrected chi connectivity index (χ3v) is 4.15. The normalized spacial score (nSPS) is 17.5. The minimum atomic E-state index is 0.244. The zero-order chi connectivity index (χ0) is 12.4. The van der Waals surface area contributed by atoms with Gasteiger partial charge in [-0.25, -0.2) is 0 Å². The quantitative estimate of drug-likeness (QED) is 0.899. The van der Waals surface area contributed by atoms with E-state index in [0.29, 0.717) is 12.6 Å². The van der Waals surface area contributed by atoms with Crippen LogP contribution in [0.15, 0.2) is 22.7 Å². The highest BCUT2D eigenvalue weighted by Gasteiger charge is 2.33. The number of hydrogen-bond donors (Lipinski definition) is 1. The van der Waals surface area contributed by atoms with Crippen molar-refractivity contribution in [3.63, 3.8) is 0 Å². The molecule has 4 heteroatoms. The van der Waals surface area contributed by atoms with Crippen molar-refractivity contribution in [2.24, 2.45) is 5.73 Å². The Hall–Kier alpha value is -0.0900. The molecular formula is C13H18BrClN2. The van der Waals surface area contributed by atoms with Crippen molar-refractivity contribution >= 4 is 27.5 Å². The second-order valence-electron chi connectivity index (χ2n) is 4.48. The molecular weight excluding hydrogens is 300 g/mol. The summed E-state index contributed by atoms with van der Waals surface area (Å²) in [6.07, 6.45) is 2.58. The summed E-state index contributed by atoms with van der Waals surface area (Å²) in [7, 11) is 0. The highest BCUT2D eigenvalue weighted by atomic mass is 79.9. The maximum Gasteiger partial charge on any atom is 0.0488 e. The molecule has 0 aliphatic heterocycles. The fourth-order valence-electron chi connectivity index (χ4n) is 2.35. The van der Waals surface area contributed by atoms with Gasteiger partial charge in [0.25, 0.3) is 0 Å². The first-order valence-electron chi connectivity index (χ1n) is 6.08. The van der Waals surface area contributed by atoms with E-state index < -0.39 is 0 Å². The molecule has 0 saturated heterocycles. The molecule has 1 atom stereocenters. The maximum absolute atomic E-state index is 6.32. The van der Waals surface area contributed by atoms with E-state index in [2.05, 4.69) is 33.8 Å². The summed E-state index contributed by atoms with van der Waals surface area (Å²) >= 11 is 9.75. The van der Waals surface area contributed by atoms with E-state index in [9.17, 15) is 0 Å². The van der Waals surface area contributed by atoms with Crippen LogP contribution in [0.3, 0.4) is 0 Å². The molecule has 2 rings (SSSR count). The van der Waals surface area contributed by atoms with Gasteiger partial charge in [-0.1, -0.05) is 40.5 Å². The number of nitrogens with zero attached hydrogens (tertiary/aromatic N) is 1. The van der Waals surface area contributed by atoms with Crippen LogP contribution in [0.5, 0.6) is 0 Å². The Morgan fingerprint density at radius 2 is 2.24 bits per heavy atom. The predicted octanol–water partition coefficient (Wildman–Crippen LogP) is 3.59. The minimum absolute atomic E-state index is 0.244. The molecule has 1 aliphatic carbocycles. The van der Waals surface area contributed by atoms with Crippen LogP contribution in [-0.4, -0.2) is 24.0 Å². The largest absolute Gasteiger partial charge is 0.329 e. The van der Waals surface area contributed by atoms with Crippen molar-refractivity contribution in [1.82, 2.24) is 4.90 Å². The Kier molecular flexibility index (Phi) is 4.47. The third kappa shape index (κ3) is 3.02. The number of hydrogen-bond acceptors (Lipinski definition) is 2. The SMILES string of the molecule is CCN(C1CC1)C(CN)c1ccc(Br)cc1Cl. The van der Waals surface area contributed by atoms with E-state index in [4.69, 9.17) is 17.3 Å². The molecule has 1 fully saturated rings. The first-order valence-corrected chi connectivity index (χ1v) is 7.25. The Morgan fingerprint density at radius 3 is 2.71 bits per heavy atom. The van der Waals surface area contributed by atoms with Gasteiger partial charge in [0.2, 0.25) is 0 Å². The summed E-state index contributed by atoms with van der Waals surface area (Å²) in [5.41, 5.74) is 7.09. The van der Waals surface area contributed by atoms with Gasteiger partial charge in [-0.05, 0) is 37.1 Å². The molecule has 94 valence electrons. The second-order valence-corrected chi connectivity index (χ2v) is 5.80. The van der Waals surface area contributed by atoms with Crippen LogP contribution in [0.25, 0.3) is 0 Å². The van der Waals surface area contributed by atoms with Crippen molar-refractivity contribution < 1.29 is 0 Å². The predicted molar refractivity (Wildman–Crippen MR) is 76.3 cm³/mol. The monoisotopic (exact) mass is 316 g/mol. The zero-order valence-electron chi connectivity index (χ0n) is 10.00. The van der Waals surface area contributed by atoms with Crippen molar-refractivity contribution in [3.05, 3.63) is 33.3 Å². The minimum Gasteiger partial charge on any atom is -0.329 e. The van der Waals surface area contributed by atoms with E-state index >= 15 is 0 Å². The van der Waals surface area contributed by atoms with Gasteiger partial charge in [-0.3, -0.25) is 4.90 Å². The summed E-state index contributed by atoms with van der Waals surface area (Å²) in [5.74, 6) is 0. The van der Waals surface area contributed by atoms with Gasteiger partial charge in [-0.2, -0.15) is 0 Å². The summed E-state index contributed by atoms with van der Waals surface area (Å²) in [6, 6.07) is 7.00. The fourth-order valence-corrected chi connectivity index (χ4v) is 3.15. The number of nitrogens with two attached hydrogens (primary N) is 1. The van der Waals surface area contributed by atoms with Crippen LogP contribution in [0.1, 0.15) is 31.4 Å². The molecule has 1 saturated carbocycles. The van der Waals surface area contributed by atoms with Gasteiger partial charge in [0.05, 0.1) is 0 Å². The van der Waals surface area contributed by atoms with Gasteiger partial charge >= 0.3 is 0 Å². The van der Waals surface area contributed by atoms with Gasteiger partial charge in [0.15, 0.2) is 0 Å². The molecule has 1 aromatic rings. The molecule has 0 amide bonds. The zero-order valence-corrected chi connectivity index (χ0v) is 12.3. The average molecular weight is 318 g/mol. The average Bonchev–Trinajstić information content (AvgIpc) is 3.11. The highest BCUT2D eigenvalue weighted by Crippen LogP contribution is 2.36. The number of benzene rings is 1. The van der Waals surface area contributed by atoms with E-state index in [1.54, 1.807) is 0 Å². The molecule has 2 N–H and O–H groups in total. The summed E-state index contributed by atoms with van der Waals surface area (Å²) < 4.78 is 1.01. The van der Waals surface area contributed by atoms with Gasteiger partial charge in [0.1, 0.15) is 0 Å². The number of rotatable bonds is 5. The summed E-state index contributed by atoms with van der Waals surface area (Å²) in [5, 5.41) is 0.800. The van der Waals surface area contributed by atoms with E-state index in [-0.39, 0.29) is 6.04 Å². The molecule has 0 aromatic heterocycles. The lowest BCUT2D eigenvalue weighted by atomic mass is 10.0. The van der Waals surface area contributed by atoms with Crippen LogP contribution in [0, 0.1) is 0 Å². The van der Waals surface area contributed by atoms with Gasteiger partial charge < -0.3 is 5.73 Å². The lowest BCUT2D eigenvalue weighted by molar-refractivity contribution is 0.202.